The molecule has 49 heavy (non-hydrogen) atoms. The molecule has 0 radical (unpaired) electrons. The SMILES string of the molecule is CC(C)c1nc(-c2cccc(NS(=O)(=O)c3c(F)cccc3F)c2)c(-c2ccnc(Nc3ccc(N4CCN5CCOC[C@H]5C4)nc3)c2)s1. The summed E-state index contributed by atoms with van der Waals surface area (Å²) in [6, 6.07) is 17.8. The third-order valence-electron chi connectivity index (χ3n) is 8.52. The van der Waals surface area contributed by atoms with E-state index in [2.05, 4.69) is 38.7 Å². The highest BCUT2D eigenvalue weighted by atomic mass is 32.2. The molecule has 2 saturated heterocycles. The van der Waals surface area contributed by atoms with Crippen LogP contribution in [-0.4, -0.2) is 73.7 Å². The normalized spacial score (nSPS) is 16.8. The molecule has 1 atom stereocenters. The number of sulfonamides is 1. The van der Waals surface area contributed by atoms with Crippen molar-refractivity contribution in [3.05, 3.63) is 95.8 Å². The highest BCUT2D eigenvalue weighted by Gasteiger charge is 2.30. The van der Waals surface area contributed by atoms with Crippen LogP contribution in [0.25, 0.3) is 21.7 Å². The molecule has 10 nitrogen and oxygen atoms in total. The molecular formula is C35H35F2N7O3S2. The number of nitrogens with zero attached hydrogens (tertiary/aromatic N) is 5. The fraction of sp³-hybridized carbons (Fsp3) is 0.286. The van der Waals surface area contributed by atoms with Crippen LogP contribution < -0.4 is 14.9 Å². The van der Waals surface area contributed by atoms with E-state index < -0.39 is 26.6 Å². The minimum atomic E-state index is -4.54. The highest BCUT2D eigenvalue weighted by Crippen LogP contribution is 2.40. The first-order valence-electron chi connectivity index (χ1n) is 16.0. The molecule has 2 aromatic carbocycles. The number of hydrogen-bond donors (Lipinski definition) is 2. The number of aromatic nitrogens is 3. The molecule has 2 aliphatic rings. The summed E-state index contributed by atoms with van der Waals surface area (Å²) in [5, 5.41) is 4.26. The van der Waals surface area contributed by atoms with Crippen LogP contribution in [0.15, 0.2) is 84.0 Å². The Morgan fingerprint density at radius 1 is 0.939 bits per heavy atom. The molecule has 2 fully saturated rings. The van der Waals surface area contributed by atoms with E-state index in [0.29, 0.717) is 23.1 Å². The van der Waals surface area contributed by atoms with E-state index in [1.54, 1.807) is 29.7 Å². The van der Waals surface area contributed by atoms with Gasteiger partial charge in [0.15, 0.2) is 4.90 Å². The third kappa shape index (κ3) is 7.13. The molecule has 5 aromatic rings. The Morgan fingerprint density at radius 3 is 2.53 bits per heavy atom. The lowest BCUT2D eigenvalue weighted by Gasteiger charge is -2.44. The van der Waals surface area contributed by atoms with Gasteiger partial charge in [-0.25, -0.2) is 32.2 Å². The number of thiazole rings is 1. The molecule has 7 rings (SSSR count). The quantitative estimate of drug-likeness (QED) is 0.173. The number of anilines is 4. The average molecular weight is 704 g/mol. The Balaban J connectivity index is 1.12. The van der Waals surface area contributed by atoms with E-state index in [1.807, 2.05) is 36.5 Å². The van der Waals surface area contributed by atoms with Gasteiger partial charge in [-0.1, -0.05) is 32.0 Å². The molecule has 2 N–H and O–H groups in total. The van der Waals surface area contributed by atoms with Gasteiger partial charge in [-0.2, -0.15) is 0 Å². The maximum atomic E-state index is 14.3. The minimum Gasteiger partial charge on any atom is -0.378 e. The van der Waals surface area contributed by atoms with E-state index in [9.17, 15) is 17.2 Å². The van der Waals surface area contributed by atoms with Gasteiger partial charge in [0.2, 0.25) is 0 Å². The summed E-state index contributed by atoms with van der Waals surface area (Å²) in [7, 11) is -4.54. The molecule has 14 heteroatoms. The van der Waals surface area contributed by atoms with Crippen LogP contribution in [0.4, 0.5) is 31.8 Å². The molecule has 0 aliphatic carbocycles. The lowest BCUT2D eigenvalue weighted by atomic mass is 10.1. The van der Waals surface area contributed by atoms with Crippen molar-refractivity contribution >= 4 is 44.4 Å². The fourth-order valence-corrected chi connectivity index (χ4v) is 8.32. The number of ether oxygens (including phenoxy) is 1. The second-order valence-electron chi connectivity index (χ2n) is 12.3. The molecule has 2 aliphatic heterocycles. The summed E-state index contributed by atoms with van der Waals surface area (Å²) >= 11 is 1.54. The Kier molecular flexibility index (Phi) is 9.29. The lowest BCUT2D eigenvalue weighted by molar-refractivity contribution is -0.0117. The van der Waals surface area contributed by atoms with Gasteiger partial charge in [-0.15, -0.1) is 11.3 Å². The second kappa shape index (κ2) is 13.8. The first-order chi connectivity index (χ1) is 23.6. The number of pyridine rings is 2. The van der Waals surface area contributed by atoms with Gasteiger partial charge in [0.05, 0.1) is 46.7 Å². The van der Waals surface area contributed by atoms with E-state index in [1.165, 1.54) is 6.07 Å². The maximum Gasteiger partial charge on any atom is 0.267 e. The Bertz CT molecular complexity index is 2060. The molecule has 0 saturated carbocycles. The van der Waals surface area contributed by atoms with Crippen LogP contribution in [0, 0.1) is 11.6 Å². The van der Waals surface area contributed by atoms with Crippen LogP contribution >= 0.6 is 11.3 Å². The first kappa shape index (κ1) is 33.0. The van der Waals surface area contributed by atoms with Crippen molar-refractivity contribution in [1.82, 2.24) is 19.9 Å². The van der Waals surface area contributed by atoms with E-state index >= 15 is 0 Å². The van der Waals surface area contributed by atoms with Crippen molar-refractivity contribution in [3.63, 3.8) is 0 Å². The summed E-state index contributed by atoms with van der Waals surface area (Å²) in [5.74, 6) is -0.653. The fourth-order valence-electron chi connectivity index (χ4n) is 6.04. The monoisotopic (exact) mass is 703 g/mol. The number of piperazine rings is 1. The average Bonchev–Trinajstić information content (AvgIpc) is 3.55. The van der Waals surface area contributed by atoms with Crippen molar-refractivity contribution in [2.75, 3.05) is 54.3 Å². The molecule has 0 spiro atoms. The highest BCUT2D eigenvalue weighted by molar-refractivity contribution is 7.92. The first-order valence-corrected chi connectivity index (χ1v) is 18.3. The zero-order chi connectivity index (χ0) is 34.1. The number of nitrogens with one attached hydrogen (secondary N) is 2. The summed E-state index contributed by atoms with van der Waals surface area (Å²) < 4.78 is 62.6. The van der Waals surface area contributed by atoms with Crippen molar-refractivity contribution in [3.8, 4) is 21.7 Å². The van der Waals surface area contributed by atoms with Gasteiger partial charge in [-0.05, 0) is 54.1 Å². The zero-order valence-corrected chi connectivity index (χ0v) is 28.6. The van der Waals surface area contributed by atoms with Crippen molar-refractivity contribution in [2.45, 2.75) is 30.7 Å². The third-order valence-corrected chi connectivity index (χ3v) is 11.4. The topological polar surface area (TPSA) is 113 Å². The minimum absolute atomic E-state index is 0.140. The van der Waals surface area contributed by atoms with Crippen LogP contribution in [0.1, 0.15) is 24.8 Å². The summed E-state index contributed by atoms with van der Waals surface area (Å²) in [6.07, 6.45) is 3.53. The van der Waals surface area contributed by atoms with Gasteiger partial charge < -0.3 is 15.0 Å². The van der Waals surface area contributed by atoms with Crippen molar-refractivity contribution in [2.24, 2.45) is 0 Å². The standard InChI is InChI=1S/C35H35F2N7O3S2/c1-22(2)35-41-32(23-5-3-6-25(17-23)42-49(45,46)34-28(36)7-4-8-29(34)37)33(48-35)24-11-12-38-30(18-24)40-26-9-10-31(39-19-26)44-14-13-43-15-16-47-21-27(43)20-44/h3-12,17-19,22,27,42H,13-16,20-21H2,1-2H3,(H,38,40)/t27-/m1/s1. The van der Waals surface area contributed by atoms with Crippen LogP contribution in [0.3, 0.4) is 0 Å². The second-order valence-corrected chi connectivity index (χ2v) is 14.9. The lowest BCUT2D eigenvalue weighted by Crippen LogP contribution is -2.58. The Morgan fingerprint density at radius 2 is 1.76 bits per heavy atom. The predicted molar refractivity (Wildman–Crippen MR) is 188 cm³/mol. The number of morpholine rings is 1. The van der Waals surface area contributed by atoms with Gasteiger partial charge >= 0.3 is 0 Å². The summed E-state index contributed by atoms with van der Waals surface area (Å²) in [5.41, 5.74) is 3.10. The van der Waals surface area contributed by atoms with Gasteiger partial charge in [-0.3, -0.25) is 9.62 Å². The molecule has 3 aromatic heterocycles. The van der Waals surface area contributed by atoms with Gasteiger partial charge in [0.25, 0.3) is 10.0 Å². The zero-order valence-electron chi connectivity index (χ0n) is 26.9. The van der Waals surface area contributed by atoms with E-state index in [0.717, 1.165) is 84.5 Å². The number of fused-ring (bicyclic) bond motifs is 1. The predicted octanol–water partition coefficient (Wildman–Crippen LogP) is 6.73. The van der Waals surface area contributed by atoms with Crippen LogP contribution in [-0.2, 0) is 14.8 Å². The Labute approximate surface area is 287 Å². The van der Waals surface area contributed by atoms with Crippen LogP contribution in [0.5, 0.6) is 0 Å². The van der Waals surface area contributed by atoms with Crippen LogP contribution in [0.2, 0.25) is 0 Å². The number of halogens is 2. The van der Waals surface area contributed by atoms with Gasteiger partial charge in [0, 0.05) is 49.5 Å². The number of hydrogen-bond acceptors (Lipinski definition) is 10. The molecular weight excluding hydrogens is 669 g/mol. The van der Waals surface area contributed by atoms with Crippen molar-refractivity contribution < 1.29 is 21.9 Å². The summed E-state index contributed by atoms with van der Waals surface area (Å²) in [4.78, 5) is 18.8. The molecule has 0 bridgehead atoms. The van der Waals surface area contributed by atoms with Gasteiger partial charge in [0.1, 0.15) is 23.3 Å². The molecule has 5 heterocycles. The molecule has 0 amide bonds. The van der Waals surface area contributed by atoms with E-state index in [4.69, 9.17) is 14.7 Å². The smallest absolute Gasteiger partial charge is 0.267 e. The number of benzene rings is 2. The maximum absolute atomic E-state index is 14.3. The number of rotatable bonds is 9. The van der Waals surface area contributed by atoms with Crippen molar-refractivity contribution in [1.29, 1.82) is 0 Å². The van der Waals surface area contributed by atoms with E-state index in [-0.39, 0.29) is 11.6 Å². The summed E-state index contributed by atoms with van der Waals surface area (Å²) in [6.45, 7) is 9.45. The Hall–Kier alpha value is -4.50. The molecule has 0 unspecified atom stereocenters. The largest absolute Gasteiger partial charge is 0.378 e. The molecule has 254 valence electrons.